The molecule has 3 fully saturated rings. The summed E-state index contributed by atoms with van der Waals surface area (Å²) in [4.78, 5) is 30.2. The number of benzene rings is 1. The molecule has 11 nitrogen and oxygen atoms in total. The number of carbonyl (C=O) groups excluding carboxylic acids is 2. The molecule has 1 aromatic carbocycles. The molecule has 3 aliphatic heterocycles. The number of urea groups is 1. The molecule has 0 saturated carbocycles. The van der Waals surface area contributed by atoms with Gasteiger partial charge < -0.3 is 34.6 Å². The minimum Gasteiger partial charge on any atom is -0.389 e. The number of amides is 3. The minimum atomic E-state index is -0.808. The molecular formula is C28H39N5O6. The lowest BCUT2D eigenvalue weighted by atomic mass is 9.95. The maximum Gasteiger partial charge on any atom is 0.322 e. The van der Waals surface area contributed by atoms with Crippen LogP contribution in [0.5, 0.6) is 0 Å². The van der Waals surface area contributed by atoms with Gasteiger partial charge in [0.25, 0.3) is 0 Å². The van der Waals surface area contributed by atoms with Crippen molar-refractivity contribution in [3.63, 3.8) is 0 Å². The molecule has 3 saturated heterocycles. The molecule has 0 radical (unpaired) electrons. The molecular weight excluding hydrogens is 502 g/mol. The Labute approximate surface area is 228 Å². The van der Waals surface area contributed by atoms with Crippen LogP contribution >= 0.6 is 0 Å². The van der Waals surface area contributed by atoms with E-state index in [4.69, 9.17) is 14.0 Å². The molecule has 2 aromatic rings. The van der Waals surface area contributed by atoms with E-state index in [0.29, 0.717) is 30.0 Å². The van der Waals surface area contributed by atoms with Gasteiger partial charge in [-0.3, -0.25) is 9.69 Å². The third kappa shape index (κ3) is 6.96. The number of carbonyl (C=O) groups is 2. The van der Waals surface area contributed by atoms with Gasteiger partial charge in [0.05, 0.1) is 44.4 Å². The van der Waals surface area contributed by atoms with Crippen LogP contribution in [-0.4, -0.2) is 95.2 Å². The van der Waals surface area contributed by atoms with Crippen LogP contribution in [0, 0.1) is 13.8 Å². The van der Waals surface area contributed by atoms with E-state index in [0.717, 1.165) is 26.1 Å². The van der Waals surface area contributed by atoms with Crippen molar-refractivity contribution in [2.24, 2.45) is 0 Å². The van der Waals surface area contributed by atoms with Crippen molar-refractivity contribution < 1.29 is 28.7 Å². The van der Waals surface area contributed by atoms with Crippen LogP contribution in [0.4, 0.5) is 10.5 Å². The Balaban J connectivity index is 1.14. The number of hydrogen-bond acceptors (Lipinski definition) is 8. The highest BCUT2D eigenvalue weighted by atomic mass is 16.5. The number of nitrogens with zero attached hydrogens (tertiary/aromatic N) is 3. The first-order valence-corrected chi connectivity index (χ1v) is 13.8. The second-order valence-electron chi connectivity index (χ2n) is 10.9. The number of aliphatic hydroxyl groups excluding tert-OH is 1. The largest absolute Gasteiger partial charge is 0.389 e. The van der Waals surface area contributed by atoms with Crippen LogP contribution in [0.1, 0.15) is 42.7 Å². The fourth-order valence-electron chi connectivity index (χ4n) is 5.84. The fraction of sp³-hybridized carbons (Fsp3) is 0.607. The molecule has 5 rings (SSSR count). The molecule has 212 valence electrons. The highest BCUT2D eigenvalue weighted by molar-refractivity contribution is 5.90. The first-order chi connectivity index (χ1) is 18.9. The van der Waals surface area contributed by atoms with Crippen molar-refractivity contribution in [3.8, 4) is 0 Å². The number of hydrogen-bond donors (Lipinski definition) is 3. The number of likely N-dealkylation sites (tertiary alicyclic amines) is 1. The lowest BCUT2D eigenvalue weighted by Crippen LogP contribution is -2.58. The molecule has 0 unspecified atom stereocenters. The Kier molecular flexibility index (Phi) is 8.81. The molecule has 0 spiro atoms. The smallest absolute Gasteiger partial charge is 0.322 e. The van der Waals surface area contributed by atoms with Crippen LogP contribution in [0.25, 0.3) is 0 Å². The number of aliphatic hydroxyl groups is 1. The van der Waals surface area contributed by atoms with Crippen molar-refractivity contribution in [2.75, 3.05) is 38.2 Å². The first kappa shape index (κ1) is 27.6. The van der Waals surface area contributed by atoms with E-state index in [2.05, 4.69) is 32.8 Å². The third-order valence-corrected chi connectivity index (χ3v) is 7.81. The number of aromatic nitrogens is 1. The summed E-state index contributed by atoms with van der Waals surface area (Å²) in [5.74, 6) is 0.505. The zero-order chi connectivity index (χ0) is 27.4. The normalized spacial score (nSPS) is 27.9. The summed E-state index contributed by atoms with van der Waals surface area (Å²) < 4.78 is 17.2. The zero-order valence-electron chi connectivity index (χ0n) is 22.7. The Morgan fingerprint density at radius 2 is 1.92 bits per heavy atom. The lowest BCUT2D eigenvalue weighted by Gasteiger charge is -2.44. The monoisotopic (exact) mass is 541 g/mol. The summed E-state index contributed by atoms with van der Waals surface area (Å²) in [5, 5.41) is 20.4. The van der Waals surface area contributed by atoms with Gasteiger partial charge in [0.15, 0.2) is 5.76 Å². The van der Waals surface area contributed by atoms with E-state index in [1.807, 2.05) is 18.2 Å². The molecule has 0 aliphatic carbocycles. The molecule has 39 heavy (non-hydrogen) atoms. The topological polar surface area (TPSA) is 129 Å². The number of rotatable bonds is 6. The molecule has 3 N–H and O–H groups in total. The van der Waals surface area contributed by atoms with Gasteiger partial charge in [-0.1, -0.05) is 35.5 Å². The second kappa shape index (κ2) is 12.5. The predicted molar refractivity (Wildman–Crippen MR) is 143 cm³/mol. The number of aryl methyl sites for hydroxylation is 2. The molecule has 1 aromatic heterocycles. The van der Waals surface area contributed by atoms with Gasteiger partial charge in [0, 0.05) is 25.7 Å². The van der Waals surface area contributed by atoms with Gasteiger partial charge in [-0.05, 0) is 38.7 Å². The van der Waals surface area contributed by atoms with E-state index >= 15 is 0 Å². The van der Waals surface area contributed by atoms with E-state index in [-0.39, 0.29) is 56.3 Å². The third-order valence-electron chi connectivity index (χ3n) is 7.81. The van der Waals surface area contributed by atoms with Crippen molar-refractivity contribution in [1.82, 2.24) is 20.3 Å². The Morgan fingerprint density at radius 1 is 1.10 bits per heavy atom. The van der Waals surface area contributed by atoms with Crippen LogP contribution in [0.15, 0.2) is 34.9 Å². The fourth-order valence-corrected chi connectivity index (χ4v) is 5.84. The van der Waals surface area contributed by atoms with Crippen LogP contribution in [0.3, 0.4) is 0 Å². The standard InChI is InChI=1S/C28H39N5O6/c1-18-27(19(2)39-31-18)30-28(36)33-15-22(34)16-37-17-25-24(33)9-8-23(38-25)12-26(35)29-21-10-11-32(14-21)13-20-6-4-3-5-7-20/h3-7,21-25,34H,8-17H2,1-2H3,(H,29,35)(H,30,36)/t21-,22-,23-,24+,25-/m1/s1. The number of β-amino-alcohol motifs (C(OH)–C–C–N with tert-alkyl or cyclic N) is 1. The van der Waals surface area contributed by atoms with Crippen molar-refractivity contribution in [2.45, 2.75) is 76.5 Å². The highest BCUT2D eigenvalue weighted by Crippen LogP contribution is 2.29. The van der Waals surface area contributed by atoms with Gasteiger partial charge in [-0.15, -0.1) is 0 Å². The van der Waals surface area contributed by atoms with E-state index in [1.54, 1.807) is 18.7 Å². The van der Waals surface area contributed by atoms with Gasteiger partial charge in [0.1, 0.15) is 17.5 Å². The van der Waals surface area contributed by atoms with Crippen LogP contribution < -0.4 is 10.6 Å². The van der Waals surface area contributed by atoms with E-state index in [1.165, 1.54) is 5.56 Å². The highest BCUT2D eigenvalue weighted by Gasteiger charge is 2.40. The Morgan fingerprint density at radius 3 is 2.69 bits per heavy atom. The lowest BCUT2D eigenvalue weighted by molar-refractivity contribution is -0.150. The Hall–Kier alpha value is -2.99. The first-order valence-electron chi connectivity index (χ1n) is 13.8. The quantitative estimate of drug-likeness (QED) is 0.508. The molecule has 4 heterocycles. The van der Waals surface area contributed by atoms with Crippen molar-refractivity contribution >= 4 is 17.6 Å². The average molecular weight is 542 g/mol. The predicted octanol–water partition coefficient (Wildman–Crippen LogP) is 2.21. The summed E-state index contributed by atoms with van der Waals surface area (Å²) in [6, 6.07) is 9.86. The minimum absolute atomic E-state index is 0.0137. The molecule has 3 amide bonds. The molecule has 11 heteroatoms. The zero-order valence-corrected chi connectivity index (χ0v) is 22.7. The van der Waals surface area contributed by atoms with Crippen molar-refractivity contribution in [3.05, 3.63) is 47.3 Å². The average Bonchev–Trinajstić information content (AvgIpc) is 3.47. The number of nitrogens with one attached hydrogen (secondary N) is 2. The summed E-state index contributed by atoms with van der Waals surface area (Å²) >= 11 is 0. The SMILES string of the molecule is Cc1noc(C)c1NC(=O)N1C[C@@H](O)COC[C@H]2O[C@@H](CC(=O)N[C@@H]3CCN(Cc4ccccc4)C3)CC[C@@H]21. The van der Waals surface area contributed by atoms with E-state index < -0.39 is 12.2 Å². The maximum absolute atomic E-state index is 13.3. The Bertz CT molecular complexity index is 1110. The van der Waals surface area contributed by atoms with E-state index in [9.17, 15) is 14.7 Å². The summed E-state index contributed by atoms with van der Waals surface area (Å²) in [6.07, 6.45) is 1.01. The maximum atomic E-state index is 13.3. The van der Waals surface area contributed by atoms with Gasteiger partial charge in [-0.25, -0.2) is 4.79 Å². The van der Waals surface area contributed by atoms with Crippen LogP contribution in [0.2, 0.25) is 0 Å². The van der Waals surface area contributed by atoms with Crippen LogP contribution in [-0.2, 0) is 20.8 Å². The molecule has 3 aliphatic rings. The summed E-state index contributed by atoms with van der Waals surface area (Å²) in [7, 11) is 0. The second-order valence-corrected chi connectivity index (χ2v) is 10.9. The van der Waals surface area contributed by atoms with Gasteiger partial charge in [0.2, 0.25) is 5.91 Å². The summed E-state index contributed by atoms with van der Waals surface area (Å²) in [6.45, 7) is 6.64. The molecule has 5 atom stereocenters. The summed E-state index contributed by atoms with van der Waals surface area (Å²) in [5.41, 5.74) is 2.40. The number of anilines is 1. The number of fused-ring (bicyclic) bond motifs is 1. The van der Waals surface area contributed by atoms with Crippen molar-refractivity contribution in [1.29, 1.82) is 0 Å². The van der Waals surface area contributed by atoms with Gasteiger partial charge in [-0.2, -0.15) is 0 Å². The van der Waals surface area contributed by atoms with Gasteiger partial charge >= 0.3 is 6.03 Å². The number of ether oxygens (including phenoxy) is 2. The molecule has 0 bridgehead atoms.